The summed E-state index contributed by atoms with van der Waals surface area (Å²) in [4.78, 5) is 21.9. The van der Waals surface area contributed by atoms with Crippen molar-refractivity contribution < 1.29 is 19.1 Å². The van der Waals surface area contributed by atoms with Crippen molar-refractivity contribution in [2.24, 2.45) is 0 Å². The lowest BCUT2D eigenvalue weighted by Gasteiger charge is -1.99. The molecule has 0 saturated heterocycles. The van der Waals surface area contributed by atoms with Gasteiger partial charge in [-0.3, -0.25) is 0 Å². The second-order valence-corrected chi connectivity index (χ2v) is 2.85. The van der Waals surface area contributed by atoms with Crippen molar-refractivity contribution in [1.29, 1.82) is 10.5 Å². The number of ether oxygens (including phenoxy) is 2. The molecular formula is C12H10N2O4. The van der Waals surface area contributed by atoms with Crippen LogP contribution in [-0.4, -0.2) is 25.2 Å². The van der Waals surface area contributed by atoms with Crippen LogP contribution in [0.2, 0.25) is 0 Å². The van der Waals surface area contributed by atoms with Crippen molar-refractivity contribution >= 4 is 11.9 Å². The average molecular weight is 246 g/mol. The quantitative estimate of drug-likeness (QED) is 0.297. The fourth-order valence-electron chi connectivity index (χ4n) is 0.649. The molecule has 0 aromatic rings. The minimum Gasteiger partial charge on any atom is -0.457 e. The Labute approximate surface area is 104 Å². The molecule has 0 unspecified atom stereocenters. The van der Waals surface area contributed by atoms with E-state index in [1.807, 2.05) is 0 Å². The number of carbonyl (C=O) groups is 2. The van der Waals surface area contributed by atoms with E-state index < -0.39 is 11.9 Å². The molecule has 0 fully saturated rings. The van der Waals surface area contributed by atoms with Crippen LogP contribution < -0.4 is 0 Å². The van der Waals surface area contributed by atoms with Gasteiger partial charge in [0.2, 0.25) is 0 Å². The van der Waals surface area contributed by atoms with Crippen LogP contribution in [0.1, 0.15) is 0 Å². The standard InChI is InChI=1S/C12H10N2O4/c1-9(7-13)11(15)17-5-3-4-6-18-12(16)10(2)8-14/h3-4H,1-2,5-6H2. The third-order valence-corrected chi connectivity index (χ3v) is 1.55. The summed E-state index contributed by atoms with van der Waals surface area (Å²) in [5.74, 6) is -1.62. The second kappa shape index (κ2) is 8.31. The third-order valence-electron chi connectivity index (χ3n) is 1.55. The normalized spacial score (nSPS) is 9.00. The summed E-state index contributed by atoms with van der Waals surface area (Å²) in [6, 6.07) is 3.10. The van der Waals surface area contributed by atoms with Gasteiger partial charge in [-0.25, -0.2) is 9.59 Å². The first-order valence-corrected chi connectivity index (χ1v) is 4.70. The minimum atomic E-state index is -0.808. The molecule has 6 nitrogen and oxygen atoms in total. The number of nitriles is 2. The first kappa shape index (κ1) is 15.1. The zero-order valence-corrected chi connectivity index (χ0v) is 9.51. The highest BCUT2D eigenvalue weighted by Gasteiger charge is 2.06. The summed E-state index contributed by atoms with van der Waals surface area (Å²) in [6.07, 6.45) is 2.84. The summed E-state index contributed by atoms with van der Waals surface area (Å²) < 4.78 is 9.22. The van der Waals surface area contributed by atoms with Gasteiger partial charge in [-0.05, 0) is 12.2 Å². The lowest BCUT2D eigenvalue weighted by atomic mass is 10.3. The molecule has 0 radical (unpaired) electrons. The van der Waals surface area contributed by atoms with Gasteiger partial charge in [-0.1, -0.05) is 13.2 Å². The lowest BCUT2D eigenvalue weighted by molar-refractivity contribution is -0.138. The molecule has 0 amide bonds. The molecule has 0 saturated carbocycles. The van der Waals surface area contributed by atoms with E-state index in [4.69, 9.17) is 10.5 Å². The van der Waals surface area contributed by atoms with Crippen LogP contribution in [0, 0.1) is 22.7 Å². The zero-order valence-electron chi connectivity index (χ0n) is 9.51. The molecule has 0 bridgehead atoms. The van der Waals surface area contributed by atoms with Gasteiger partial charge in [-0.2, -0.15) is 10.5 Å². The van der Waals surface area contributed by atoms with Crippen molar-refractivity contribution in [1.82, 2.24) is 0 Å². The summed E-state index contributed by atoms with van der Waals surface area (Å²) in [5.41, 5.74) is -0.583. The number of esters is 2. The van der Waals surface area contributed by atoms with E-state index in [2.05, 4.69) is 22.6 Å². The first-order chi connectivity index (χ1) is 8.52. The van der Waals surface area contributed by atoms with Crippen LogP contribution in [0.3, 0.4) is 0 Å². The molecule has 0 aliphatic heterocycles. The molecule has 0 aromatic carbocycles. The maximum absolute atomic E-state index is 10.9. The molecule has 0 N–H and O–H groups in total. The number of nitrogens with zero attached hydrogens (tertiary/aromatic N) is 2. The fraction of sp³-hybridized carbons (Fsp3) is 0.167. The van der Waals surface area contributed by atoms with E-state index >= 15 is 0 Å². The van der Waals surface area contributed by atoms with E-state index in [1.54, 1.807) is 12.1 Å². The van der Waals surface area contributed by atoms with E-state index in [1.165, 1.54) is 12.2 Å². The van der Waals surface area contributed by atoms with Gasteiger partial charge in [-0.15, -0.1) is 0 Å². The summed E-state index contributed by atoms with van der Waals surface area (Å²) in [6.45, 7) is 6.20. The zero-order chi connectivity index (χ0) is 14.0. The summed E-state index contributed by atoms with van der Waals surface area (Å²) in [5, 5.41) is 16.6. The van der Waals surface area contributed by atoms with Crippen LogP contribution in [0.4, 0.5) is 0 Å². The highest BCUT2D eigenvalue weighted by atomic mass is 16.5. The summed E-state index contributed by atoms with van der Waals surface area (Å²) >= 11 is 0. The van der Waals surface area contributed by atoms with Gasteiger partial charge >= 0.3 is 11.9 Å². The number of rotatable bonds is 6. The van der Waals surface area contributed by atoms with Gasteiger partial charge in [0.25, 0.3) is 0 Å². The monoisotopic (exact) mass is 246 g/mol. The number of hydrogen-bond acceptors (Lipinski definition) is 6. The van der Waals surface area contributed by atoms with Crippen molar-refractivity contribution in [2.75, 3.05) is 13.2 Å². The minimum absolute atomic E-state index is 0.0731. The van der Waals surface area contributed by atoms with Gasteiger partial charge in [0.15, 0.2) is 0 Å². The van der Waals surface area contributed by atoms with Crippen LogP contribution in [0.5, 0.6) is 0 Å². The van der Waals surface area contributed by atoms with Crippen molar-refractivity contribution in [3.63, 3.8) is 0 Å². The van der Waals surface area contributed by atoms with Crippen LogP contribution in [0.15, 0.2) is 36.5 Å². The Morgan fingerprint density at radius 2 is 1.28 bits per heavy atom. The van der Waals surface area contributed by atoms with Gasteiger partial charge in [0.05, 0.1) is 0 Å². The Morgan fingerprint density at radius 3 is 1.56 bits per heavy atom. The topological polar surface area (TPSA) is 100 Å². The smallest absolute Gasteiger partial charge is 0.348 e. The summed E-state index contributed by atoms with van der Waals surface area (Å²) in [7, 11) is 0. The molecular weight excluding hydrogens is 236 g/mol. The predicted octanol–water partition coefficient (Wildman–Crippen LogP) is 0.789. The Kier molecular flexibility index (Phi) is 6.99. The van der Waals surface area contributed by atoms with E-state index in [0.717, 1.165) is 0 Å². The van der Waals surface area contributed by atoms with Crippen molar-refractivity contribution in [2.45, 2.75) is 0 Å². The Bertz CT molecular complexity index is 433. The highest BCUT2D eigenvalue weighted by Crippen LogP contribution is 1.94. The molecule has 0 aromatic heterocycles. The Balaban J connectivity index is 3.82. The first-order valence-electron chi connectivity index (χ1n) is 4.70. The molecule has 0 atom stereocenters. The van der Waals surface area contributed by atoms with Crippen LogP contribution in [0.25, 0.3) is 0 Å². The second-order valence-electron chi connectivity index (χ2n) is 2.85. The maximum Gasteiger partial charge on any atom is 0.348 e. The van der Waals surface area contributed by atoms with E-state index in [0.29, 0.717) is 0 Å². The third kappa shape index (κ3) is 5.89. The highest BCUT2D eigenvalue weighted by molar-refractivity contribution is 5.92. The molecule has 0 aliphatic rings. The van der Waals surface area contributed by atoms with Crippen molar-refractivity contribution in [3.8, 4) is 12.1 Å². The largest absolute Gasteiger partial charge is 0.457 e. The maximum atomic E-state index is 10.9. The lowest BCUT2D eigenvalue weighted by Crippen LogP contribution is -2.07. The molecule has 92 valence electrons. The fourth-order valence-corrected chi connectivity index (χ4v) is 0.649. The van der Waals surface area contributed by atoms with Gasteiger partial charge in [0.1, 0.15) is 36.5 Å². The number of carbonyl (C=O) groups excluding carboxylic acids is 2. The van der Waals surface area contributed by atoms with Crippen LogP contribution >= 0.6 is 0 Å². The predicted molar refractivity (Wildman–Crippen MR) is 60.6 cm³/mol. The van der Waals surface area contributed by atoms with Gasteiger partial charge in [0, 0.05) is 0 Å². The Morgan fingerprint density at radius 1 is 0.944 bits per heavy atom. The molecule has 18 heavy (non-hydrogen) atoms. The molecule has 6 heteroatoms. The molecule has 0 aliphatic carbocycles. The van der Waals surface area contributed by atoms with Gasteiger partial charge < -0.3 is 9.47 Å². The van der Waals surface area contributed by atoms with E-state index in [9.17, 15) is 9.59 Å². The molecule has 0 spiro atoms. The average Bonchev–Trinajstić information content (AvgIpc) is 2.39. The Hall–Kier alpha value is -2.86. The van der Waals surface area contributed by atoms with E-state index in [-0.39, 0.29) is 24.4 Å². The van der Waals surface area contributed by atoms with Crippen molar-refractivity contribution in [3.05, 3.63) is 36.5 Å². The van der Waals surface area contributed by atoms with Crippen LogP contribution in [-0.2, 0) is 19.1 Å². The number of hydrogen-bond donors (Lipinski definition) is 0. The molecule has 0 rings (SSSR count). The SMILES string of the molecule is C=C(C#N)C(=O)OCC=CCOC(=O)C(=C)C#N. The molecule has 0 heterocycles.